The lowest BCUT2D eigenvalue weighted by Crippen LogP contribution is -2.35. The van der Waals surface area contributed by atoms with Crippen molar-refractivity contribution in [3.05, 3.63) is 22.8 Å². The third-order valence-electron chi connectivity index (χ3n) is 2.62. The van der Waals surface area contributed by atoms with E-state index in [-0.39, 0.29) is 5.54 Å². The smallest absolute Gasteiger partial charge is 0.213 e. The molecular formula is C15H25ClN2O. The fraction of sp³-hybridized carbons (Fsp3) is 0.667. The van der Waals surface area contributed by atoms with Crippen LogP contribution in [0.25, 0.3) is 0 Å². The number of ether oxygens (including phenoxy) is 1. The topological polar surface area (TPSA) is 34.1 Å². The summed E-state index contributed by atoms with van der Waals surface area (Å²) in [6, 6.07) is 3.67. The van der Waals surface area contributed by atoms with Crippen LogP contribution in [-0.4, -0.2) is 17.1 Å². The zero-order valence-corrected chi connectivity index (χ0v) is 13.3. The van der Waals surface area contributed by atoms with Crippen LogP contribution in [0.2, 0.25) is 5.02 Å². The Morgan fingerprint density at radius 1 is 1.32 bits per heavy atom. The lowest BCUT2D eigenvalue weighted by molar-refractivity contribution is 0.278. The Kier molecular flexibility index (Phi) is 6.08. The van der Waals surface area contributed by atoms with E-state index in [4.69, 9.17) is 16.3 Å². The summed E-state index contributed by atoms with van der Waals surface area (Å²) in [5.41, 5.74) is 0.873. The molecule has 0 aliphatic carbocycles. The van der Waals surface area contributed by atoms with Gasteiger partial charge >= 0.3 is 0 Å². The number of nitrogens with zero attached hydrogens (tertiary/aromatic N) is 1. The van der Waals surface area contributed by atoms with Crippen molar-refractivity contribution in [3.8, 4) is 5.88 Å². The van der Waals surface area contributed by atoms with E-state index in [1.54, 1.807) is 0 Å². The largest absolute Gasteiger partial charge is 0.478 e. The van der Waals surface area contributed by atoms with Crippen molar-refractivity contribution in [2.75, 3.05) is 6.61 Å². The van der Waals surface area contributed by atoms with Crippen molar-refractivity contribution < 1.29 is 4.74 Å². The molecular weight excluding hydrogens is 260 g/mol. The summed E-state index contributed by atoms with van der Waals surface area (Å²) in [5.74, 6) is 1.28. The first-order chi connectivity index (χ1) is 8.78. The van der Waals surface area contributed by atoms with Crippen molar-refractivity contribution in [1.29, 1.82) is 0 Å². The van der Waals surface area contributed by atoms with Crippen LogP contribution < -0.4 is 10.1 Å². The molecule has 1 heterocycles. The first kappa shape index (κ1) is 16.3. The number of aromatic nitrogens is 1. The zero-order valence-electron chi connectivity index (χ0n) is 12.6. The molecule has 0 aromatic carbocycles. The van der Waals surface area contributed by atoms with E-state index in [2.05, 4.69) is 44.9 Å². The van der Waals surface area contributed by atoms with Gasteiger partial charge in [0, 0.05) is 18.2 Å². The second kappa shape index (κ2) is 7.11. The van der Waals surface area contributed by atoms with Gasteiger partial charge in [-0.25, -0.2) is 4.98 Å². The molecule has 0 aliphatic rings. The molecule has 1 N–H and O–H groups in total. The highest BCUT2D eigenvalue weighted by atomic mass is 35.5. The number of rotatable bonds is 6. The predicted octanol–water partition coefficient (Wildman–Crippen LogP) is 4.05. The molecule has 0 saturated carbocycles. The van der Waals surface area contributed by atoms with Crippen molar-refractivity contribution in [2.24, 2.45) is 5.92 Å². The van der Waals surface area contributed by atoms with Crippen LogP contribution in [0.5, 0.6) is 5.88 Å². The quantitative estimate of drug-likeness (QED) is 0.856. The minimum atomic E-state index is 0.0412. The number of hydrogen-bond acceptors (Lipinski definition) is 3. The standard InChI is InChI=1S/C15H25ClN2O/c1-11(2)8-9-19-14-7-6-12(16)13(18-14)10-17-15(3,4)5/h6-7,11,17H,8-10H2,1-5H3. The molecule has 0 spiro atoms. The minimum absolute atomic E-state index is 0.0412. The van der Waals surface area contributed by atoms with E-state index < -0.39 is 0 Å². The van der Waals surface area contributed by atoms with Gasteiger partial charge in [0.2, 0.25) is 5.88 Å². The Morgan fingerprint density at radius 2 is 2.00 bits per heavy atom. The van der Waals surface area contributed by atoms with Crippen molar-refractivity contribution in [3.63, 3.8) is 0 Å². The van der Waals surface area contributed by atoms with Gasteiger partial charge in [0.25, 0.3) is 0 Å². The molecule has 1 aromatic heterocycles. The lowest BCUT2D eigenvalue weighted by atomic mass is 10.1. The molecule has 1 aromatic rings. The second-order valence-electron chi connectivity index (χ2n) is 6.21. The van der Waals surface area contributed by atoms with Gasteiger partial charge in [-0.1, -0.05) is 25.4 Å². The zero-order chi connectivity index (χ0) is 14.5. The molecule has 0 amide bonds. The molecule has 0 unspecified atom stereocenters. The fourth-order valence-electron chi connectivity index (χ4n) is 1.42. The molecule has 3 nitrogen and oxygen atoms in total. The van der Waals surface area contributed by atoms with Crippen molar-refractivity contribution >= 4 is 11.6 Å². The molecule has 0 fully saturated rings. The molecule has 0 radical (unpaired) electrons. The number of hydrogen-bond donors (Lipinski definition) is 1. The molecule has 0 saturated heterocycles. The Bertz CT molecular complexity index is 400. The maximum Gasteiger partial charge on any atom is 0.213 e. The molecule has 19 heavy (non-hydrogen) atoms. The van der Waals surface area contributed by atoms with E-state index in [0.717, 1.165) is 12.1 Å². The van der Waals surface area contributed by atoms with Crippen LogP contribution >= 0.6 is 11.6 Å². The van der Waals surface area contributed by atoms with Crippen LogP contribution in [0, 0.1) is 5.92 Å². The van der Waals surface area contributed by atoms with Gasteiger partial charge in [-0.2, -0.15) is 0 Å². The average Bonchev–Trinajstić information content (AvgIpc) is 2.28. The van der Waals surface area contributed by atoms with E-state index in [9.17, 15) is 0 Å². The monoisotopic (exact) mass is 284 g/mol. The summed E-state index contributed by atoms with van der Waals surface area (Å²) in [6.07, 6.45) is 1.03. The molecule has 0 aliphatic heterocycles. The highest BCUT2D eigenvalue weighted by Gasteiger charge is 2.11. The fourth-order valence-corrected chi connectivity index (χ4v) is 1.59. The predicted molar refractivity (Wildman–Crippen MR) is 80.8 cm³/mol. The summed E-state index contributed by atoms with van der Waals surface area (Å²) in [4.78, 5) is 4.46. The average molecular weight is 285 g/mol. The lowest BCUT2D eigenvalue weighted by Gasteiger charge is -2.20. The second-order valence-corrected chi connectivity index (χ2v) is 6.62. The number of halogens is 1. The van der Waals surface area contributed by atoms with Crippen LogP contribution in [0.3, 0.4) is 0 Å². The van der Waals surface area contributed by atoms with Gasteiger partial charge < -0.3 is 10.1 Å². The van der Waals surface area contributed by atoms with Crippen LogP contribution in [0.1, 0.15) is 46.7 Å². The van der Waals surface area contributed by atoms with Gasteiger partial charge in [0.05, 0.1) is 17.3 Å². The number of pyridine rings is 1. The molecule has 0 atom stereocenters. The molecule has 1 rings (SSSR count). The van der Waals surface area contributed by atoms with E-state index in [0.29, 0.717) is 30.0 Å². The van der Waals surface area contributed by atoms with Crippen molar-refractivity contribution in [1.82, 2.24) is 10.3 Å². The first-order valence-electron chi connectivity index (χ1n) is 6.81. The van der Waals surface area contributed by atoms with Crippen LogP contribution in [0.15, 0.2) is 12.1 Å². The summed E-state index contributed by atoms with van der Waals surface area (Å²) in [7, 11) is 0. The minimum Gasteiger partial charge on any atom is -0.478 e. The first-order valence-corrected chi connectivity index (χ1v) is 7.19. The van der Waals surface area contributed by atoms with E-state index in [1.165, 1.54) is 0 Å². The van der Waals surface area contributed by atoms with Gasteiger partial charge in [0.15, 0.2) is 0 Å². The van der Waals surface area contributed by atoms with E-state index >= 15 is 0 Å². The summed E-state index contributed by atoms with van der Waals surface area (Å²) < 4.78 is 5.65. The van der Waals surface area contributed by atoms with Gasteiger partial charge in [-0.15, -0.1) is 0 Å². The van der Waals surface area contributed by atoms with Crippen molar-refractivity contribution in [2.45, 2.75) is 53.1 Å². The maximum atomic E-state index is 6.15. The highest BCUT2D eigenvalue weighted by Crippen LogP contribution is 2.19. The van der Waals surface area contributed by atoms with E-state index in [1.807, 2.05) is 12.1 Å². The maximum absolute atomic E-state index is 6.15. The molecule has 108 valence electrons. The van der Waals surface area contributed by atoms with Gasteiger partial charge in [0.1, 0.15) is 0 Å². The Labute approximate surface area is 121 Å². The summed E-state index contributed by atoms with van der Waals surface area (Å²) in [5, 5.41) is 4.05. The summed E-state index contributed by atoms with van der Waals surface area (Å²) >= 11 is 6.15. The van der Waals surface area contributed by atoms with Gasteiger partial charge in [-0.05, 0) is 39.2 Å². The van der Waals surface area contributed by atoms with Crippen LogP contribution in [-0.2, 0) is 6.54 Å². The van der Waals surface area contributed by atoms with Crippen LogP contribution in [0.4, 0.5) is 0 Å². The summed E-state index contributed by atoms with van der Waals surface area (Å²) in [6.45, 7) is 12.0. The van der Waals surface area contributed by atoms with Gasteiger partial charge in [-0.3, -0.25) is 0 Å². The SMILES string of the molecule is CC(C)CCOc1ccc(Cl)c(CNC(C)(C)C)n1. The molecule has 4 heteroatoms. The molecule has 0 bridgehead atoms. The normalized spacial score (nSPS) is 11.9. The Hall–Kier alpha value is -0.800. The Morgan fingerprint density at radius 3 is 2.58 bits per heavy atom. The third-order valence-corrected chi connectivity index (χ3v) is 2.97. The Balaban J connectivity index is 2.61. The highest BCUT2D eigenvalue weighted by molar-refractivity contribution is 6.31. The number of nitrogens with one attached hydrogen (secondary N) is 1. The third kappa shape index (κ3) is 6.79.